The van der Waals surface area contributed by atoms with Gasteiger partial charge in [0.15, 0.2) is 0 Å². The number of aliphatic carboxylic acids is 1. The predicted octanol–water partition coefficient (Wildman–Crippen LogP) is 2.03. The molecule has 1 heterocycles. The fourth-order valence-electron chi connectivity index (χ4n) is 2.46. The van der Waals surface area contributed by atoms with Gasteiger partial charge in [-0.05, 0) is 11.1 Å². The Morgan fingerprint density at radius 2 is 1.45 bits per heavy atom. The lowest BCUT2D eigenvalue weighted by Gasteiger charge is -2.14. The van der Waals surface area contributed by atoms with E-state index in [2.05, 4.69) is 10.6 Å². The molecule has 0 aliphatic carbocycles. The minimum Gasteiger partial charge on any atom is -0.480 e. The summed E-state index contributed by atoms with van der Waals surface area (Å²) >= 11 is 0. The SMILES string of the molecule is O=C(NC(Cc1ccccc1)C(=O)O)OCc1ccccc1.O=C1CCC(=O)N1. The molecule has 1 aliphatic rings. The normalized spacial score (nSPS) is 13.5. The zero-order valence-corrected chi connectivity index (χ0v) is 15.7. The van der Waals surface area contributed by atoms with E-state index in [9.17, 15) is 24.3 Å². The van der Waals surface area contributed by atoms with Gasteiger partial charge < -0.3 is 15.2 Å². The Balaban J connectivity index is 0.000000360. The number of rotatable bonds is 6. The molecule has 1 aliphatic heterocycles. The zero-order chi connectivity index (χ0) is 21.1. The highest BCUT2D eigenvalue weighted by atomic mass is 16.5. The Morgan fingerprint density at radius 1 is 0.931 bits per heavy atom. The number of carboxylic acids is 1. The highest BCUT2D eigenvalue weighted by Crippen LogP contribution is 2.05. The third-order valence-electron chi connectivity index (χ3n) is 3.94. The van der Waals surface area contributed by atoms with Crippen molar-refractivity contribution in [1.29, 1.82) is 0 Å². The standard InChI is InChI=1S/C17H17NO4.C4H5NO2/c19-16(20)15(11-13-7-3-1-4-8-13)18-17(21)22-12-14-9-5-2-6-10-14;6-3-1-2-4(7)5-3/h1-10,15H,11-12H2,(H,18,21)(H,19,20);1-2H2,(H,5,6,7). The van der Waals surface area contributed by atoms with Gasteiger partial charge in [0.1, 0.15) is 12.6 Å². The van der Waals surface area contributed by atoms with Crippen LogP contribution in [0.3, 0.4) is 0 Å². The number of carboxylic acid groups (broad SMARTS) is 1. The quantitative estimate of drug-likeness (QED) is 0.640. The van der Waals surface area contributed by atoms with Crippen LogP contribution in [0.25, 0.3) is 0 Å². The summed E-state index contributed by atoms with van der Waals surface area (Å²) in [6.45, 7) is 0.102. The van der Waals surface area contributed by atoms with Gasteiger partial charge in [0.25, 0.3) is 0 Å². The molecule has 3 N–H and O–H groups in total. The lowest BCUT2D eigenvalue weighted by Crippen LogP contribution is -2.42. The minimum atomic E-state index is -1.10. The molecule has 0 saturated carbocycles. The van der Waals surface area contributed by atoms with Gasteiger partial charge >= 0.3 is 12.1 Å². The van der Waals surface area contributed by atoms with Crippen molar-refractivity contribution < 1.29 is 29.0 Å². The van der Waals surface area contributed by atoms with Crippen molar-refractivity contribution in [3.63, 3.8) is 0 Å². The summed E-state index contributed by atoms with van der Waals surface area (Å²) < 4.78 is 5.03. The third kappa shape index (κ3) is 8.25. The average Bonchev–Trinajstić information content (AvgIpc) is 3.10. The number of imide groups is 1. The fraction of sp³-hybridized carbons (Fsp3) is 0.238. The molecule has 0 bridgehead atoms. The van der Waals surface area contributed by atoms with Crippen LogP contribution in [0.15, 0.2) is 60.7 Å². The second kappa shape index (κ2) is 11.2. The van der Waals surface area contributed by atoms with Crippen molar-refractivity contribution in [3.05, 3.63) is 71.8 Å². The fourth-order valence-corrected chi connectivity index (χ4v) is 2.46. The zero-order valence-electron chi connectivity index (χ0n) is 15.7. The van der Waals surface area contributed by atoms with Crippen molar-refractivity contribution >= 4 is 23.9 Å². The molecule has 29 heavy (non-hydrogen) atoms. The molecular formula is C21H22N2O6. The number of nitrogens with one attached hydrogen (secondary N) is 2. The first-order chi connectivity index (χ1) is 13.9. The molecular weight excluding hydrogens is 376 g/mol. The third-order valence-corrected chi connectivity index (χ3v) is 3.94. The van der Waals surface area contributed by atoms with Gasteiger partial charge in [0.05, 0.1) is 0 Å². The summed E-state index contributed by atoms with van der Waals surface area (Å²) in [5.41, 5.74) is 1.67. The number of hydrogen-bond donors (Lipinski definition) is 3. The average molecular weight is 398 g/mol. The predicted molar refractivity (Wildman–Crippen MR) is 104 cm³/mol. The van der Waals surface area contributed by atoms with E-state index >= 15 is 0 Å². The van der Waals surface area contributed by atoms with Gasteiger partial charge in [-0.2, -0.15) is 0 Å². The largest absolute Gasteiger partial charge is 0.480 e. The van der Waals surface area contributed by atoms with Crippen molar-refractivity contribution in [3.8, 4) is 0 Å². The highest BCUT2D eigenvalue weighted by Gasteiger charge is 2.21. The monoisotopic (exact) mass is 398 g/mol. The molecule has 3 amide bonds. The molecule has 1 fully saturated rings. The summed E-state index contributed by atoms with van der Waals surface area (Å²) in [6, 6.07) is 17.3. The molecule has 0 aromatic heterocycles. The van der Waals surface area contributed by atoms with E-state index in [1.54, 1.807) is 0 Å². The maximum absolute atomic E-state index is 11.7. The first-order valence-corrected chi connectivity index (χ1v) is 9.00. The van der Waals surface area contributed by atoms with E-state index < -0.39 is 18.1 Å². The number of amides is 3. The summed E-state index contributed by atoms with van der Waals surface area (Å²) in [4.78, 5) is 43.2. The number of carbonyl (C=O) groups excluding carboxylic acids is 3. The minimum absolute atomic E-state index is 0.102. The second-order valence-electron chi connectivity index (χ2n) is 6.26. The Hall–Kier alpha value is -3.68. The van der Waals surface area contributed by atoms with E-state index in [-0.39, 0.29) is 24.8 Å². The number of ether oxygens (including phenoxy) is 1. The molecule has 1 unspecified atom stereocenters. The molecule has 8 heteroatoms. The summed E-state index contributed by atoms with van der Waals surface area (Å²) in [6.07, 6.45) is 0.209. The van der Waals surface area contributed by atoms with Crippen molar-refractivity contribution in [2.45, 2.75) is 31.9 Å². The highest BCUT2D eigenvalue weighted by molar-refractivity contribution is 6.01. The first kappa shape index (κ1) is 21.6. The number of carbonyl (C=O) groups is 4. The van der Waals surface area contributed by atoms with Crippen LogP contribution in [0.1, 0.15) is 24.0 Å². The molecule has 0 radical (unpaired) electrons. The van der Waals surface area contributed by atoms with E-state index in [4.69, 9.17) is 4.74 Å². The van der Waals surface area contributed by atoms with Gasteiger partial charge in [-0.25, -0.2) is 9.59 Å². The topological polar surface area (TPSA) is 122 Å². The van der Waals surface area contributed by atoms with Crippen LogP contribution in [-0.4, -0.2) is 35.0 Å². The van der Waals surface area contributed by atoms with Gasteiger partial charge in [-0.1, -0.05) is 60.7 Å². The lowest BCUT2D eigenvalue weighted by molar-refractivity contribution is -0.139. The van der Waals surface area contributed by atoms with E-state index in [0.29, 0.717) is 12.8 Å². The van der Waals surface area contributed by atoms with E-state index in [1.165, 1.54) is 0 Å². The summed E-state index contributed by atoms with van der Waals surface area (Å²) in [7, 11) is 0. The Morgan fingerprint density at radius 3 is 1.90 bits per heavy atom. The van der Waals surface area contributed by atoms with E-state index in [1.807, 2.05) is 60.7 Å². The molecule has 3 rings (SSSR count). The number of hydrogen-bond acceptors (Lipinski definition) is 5. The molecule has 2 aromatic rings. The van der Waals surface area contributed by atoms with Gasteiger partial charge in [-0.3, -0.25) is 14.9 Å². The molecule has 1 atom stereocenters. The smallest absolute Gasteiger partial charge is 0.408 e. The maximum atomic E-state index is 11.7. The summed E-state index contributed by atoms with van der Waals surface area (Å²) in [5.74, 6) is -1.39. The Bertz CT molecular complexity index is 825. The molecule has 152 valence electrons. The molecule has 2 aromatic carbocycles. The van der Waals surface area contributed by atoms with Crippen molar-refractivity contribution in [1.82, 2.24) is 10.6 Å². The Kier molecular flexibility index (Phi) is 8.37. The van der Waals surface area contributed by atoms with Crippen LogP contribution in [0.2, 0.25) is 0 Å². The van der Waals surface area contributed by atoms with Crippen molar-refractivity contribution in [2.75, 3.05) is 0 Å². The van der Waals surface area contributed by atoms with Crippen LogP contribution in [0, 0.1) is 0 Å². The molecule has 1 saturated heterocycles. The van der Waals surface area contributed by atoms with Gasteiger partial charge in [0, 0.05) is 19.3 Å². The lowest BCUT2D eigenvalue weighted by atomic mass is 10.1. The van der Waals surface area contributed by atoms with E-state index in [0.717, 1.165) is 11.1 Å². The van der Waals surface area contributed by atoms with Crippen molar-refractivity contribution in [2.24, 2.45) is 0 Å². The Labute approximate surface area is 167 Å². The molecule has 0 spiro atoms. The molecule has 8 nitrogen and oxygen atoms in total. The van der Waals surface area contributed by atoms with Crippen LogP contribution < -0.4 is 10.6 Å². The van der Waals surface area contributed by atoms with Crippen LogP contribution in [0.4, 0.5) is 4.79 Å². The maximum Gasteiger partial charge on any atom is 0.408 e. The van der Waals surface area contributed by atoms with Crippen LogP contribution in [-0.2, 0) is 32.1 Å². The number of alkyl carbamates (subject to hydrolysis) is 1. The first-order valence-electron chi connectivity index (χ1n) is 9.00. The van der Waals surface area contributed by atoms with Gasteiger partial charge in [0.2, 0.25) is 11.8 Å². The van der Waals surface area contributed by atoms with Crippen LogP contribution in [0.5, 0.6) is 0 Å². The van der Waals surface area contributed by atoms with Gasteiger partial charge in [-0.15, -0.1) is 0 Å². The second-order valence-corrected chi connectivity index (χ2v) is 6.26. The number of benzene rings is 2. The summed E-state index contributed by atoms with van der Waals surface area (Å²) in [5, 5.41) is 13.7. The van der Waals surface area contributed by atoms with Crippen LogP contribution >= 0.6 is 0 Å².